The summed E-state index contributed by atoms with van der Waals surface area (Å²) in [7, 11) is 2.17. The van der Waals surface area contributed by atoms with Crippen LogP contribution in [-0.4, -0.2) is 63.3 Å². The van der Waals surface area contributed by atoms with Crippen LogP contribution in [0.2, 0.25) is 0 Å². The van der Waals surface area contributed by atoms with Crippen LogP contribution in [0.25, 0.3) is 39.0 Å². The number of anilines is 1. The minimum absolute atomic E-state index is 0.744. The molecule has 3 aromatic heterocycles. The van der Waals surface area contributed by atoms with E-state index in [1.165, 1.54) is 0 Å². The Kier molecular flexibility index (Phi) is 7.93. The van der Waals surface area contributed by atoms with Crippen LogP contribution in [0.15, 0.2) is 73.2 Å². The van der Waals surface area contributed by atoms with E-state index in [1.807, 2.05) is 19.2 Å². The second kappa shape index (κ2) is 11.7. The molecule has 0 bridgehead atoms. The summed E-state index contributed by atoms with van der Waals surface area (Å²) < 4.78 is 0. The predicted octanol–water partition coefficient (Wildman–Crippen LogP) is 6.02. The van der Waals surface area contributed by atoms with Crippen LogP contribution in [0, 0.1) is 0 Å². The van der Waals surface area contributed by atoms with Crippen LogP contribution in [0.1, 0.15) is 38.8 Å². The minimum atomic E-state index is 0.744. The highest BCUT2D eigenvalue weighted by Crippen LogP contribution is 2.32. The third-order valence-electron chi connectivity index (χ3n) is 7.30. The first-order valence-corrected chi connectivity index (χ1v) is 13.7. The van der Waals surface area contributed by atoms with Crippen molar-refractivity contribution >= 4 is 33.2 Å². The Labute approximate surface area is 230 Å². The SMILES string of the molecule is C=C/C(=C\C(=C/C)c1cc2c(-c3nc4c(N5CCN(C)CC5)cccc4[nH]3)n[nH]c2cn1)NC(=C)CCCC. The molecule has 3 N–H and O–H groups in total. The van der Waals surface area contributed by atoms with Gasteiger partial charge in [-0.1, -0.05) is 38.6 Å². The van der Waals surface area contributed by atoms with Gasteiger partial charge in [-0.25, -0.2) is 4.98 Å². The average molecular weight is 523 g/mol. The van der Waals surface area contributed by atoms with Crippen molar-refractivity contribution in [2.24, 2.45) is 0 Å². The number of likely N-dealkylation sites (N-methyl/N-ethyl adjacent to an activating group) is 1. The zero-order chi connectivity index (χ0) is 27.4. The van der Waals surface area contributed by atoms with E-state index in [9.17, 15) is 0 Å². The molecule has 8 nitrogen and oxygen atoms in total. The van der Waals surface area contributed by atoms with Crippen LogP contribution >= 0.6 is 0 Å². The zero-order valence-corrected chi connectivity index (χ0v) is 23.2. The van der Waals surface area contributed by atoms with Crippen molar-refractivity contribution in [3.8, 4) is 11.5 Å². The number of pyridine rings is 1. The lowest BCUT2D eigenvalue weighted by atomic mass is 10.1. The fourth-order valence-corrected chi connectivity index (χ4v) is 4.96. The molecule has 4 aromatic rings. The second-order valence-corrected chi connectivity index (χ2v) is 10.1. The van der Waals surface area contributed by atoms with E-state index in [0.717, 1.165) is 107 Å². The normalized spacial score (nSPS) is 15.3. The molecule has 1 aliphatic heterocycles. The Bertz CT molecular complexity index is 1550. The summed E-state index contributed by atoms with van der Waals surface area (Å²) in [6, 6.07) is 8.40. The van der Waals surface area contributed by atoms with E-state index in [4.69, 9.17) is 9.97 Å². The molecule has 0 radical (unpaired) electrons. The van der Waals surface area contributed by atoms with Crippen LogP contribution in [0.4, 0.5) is 5.69 Å². The number of H-pyrrole nitrogens is 2. The van der Waals surface area contributed by atoms with E-state index in [2.05, 4.69) is 93.8 Å². The van der Waals surface area contributed by atoms with Gasteiger partial charge in [0.05, 0.1) is 28.6 Å². The zero-order valence-electron chi connectivity index (χ0n) is 23.2. The molecule has 202 valence electrons. The van der Waals surface area contributed by atoms with Gasteiger partial charge in [-0.2, -0.15) is 5.10 Å². The Morgan fingerprint density at radius 1 is 1.18 bits per heavy atom. The number of allylic oxidation sites excluding steroid dienone is 5. The van der Waals surface area contributed by atoms with Gasteiger partial charge in [0.1, 0.15) is 11.2 Å². The summed E-state index contributed by atoms with van der Waals surface area (Å²) in [6.45, 7) is 16.4. The molecule has 1 aromatic carbocycles. The topological polar surface area (TPSA) is 88.8 Å². The molecule has 0 amide bonds. The molecule has 1 aliphatic rings. The molecule has 1 saturated heterocycles. The largest absolute Gasteiger partial charge is 0.367 e. The first-order valence-electron chi connectivity index (χ1n) is 13.7. The monoisotopic (exact) mass is 522 g/mol. The number of para-hydroxylation sites is 1. The van der Waals surface area contributed by atoms with E-state index < -0.39 is 0 Å². The van der Waals surface area contributed by atoms with Crippen LogP contribution in [0.5, 0.6) is 0 Å². The van der Waals surface area contributed by atoms with Gasteiger partial charge in [0.25, 0.3) is 0 Å². The van der Waals surface area contributed by atoms with Gasteiger partial charge in [0, 0.05) is 43.0 Å². The van der Waals surface area contributed by atoms with Gasteiger partial charge in [-0.15, -0.1) is 0 Å². The van der Waals surface area contributed by atoms with E-state index in [1.54, 1.807) is 0 Å². The maximum absolute atomic E-state index is 5.04. The number of aromatic amines is 2. The lowest BCUT2D eigenvalue weighted by molar-refractivity contribution is 0.313. The molecule has 0 unspecified atom stereocenters. The van der Waals surface area contributed by atoms with Gasteiger partial charge in [-0.3, -0.25) is 10.1 Å². The number of benzene rings is 1. The maximum atomic E-state index is 5.04. The van der Waals surface area contributed by atoms with Crippen molar-refractivity contribution < 1.29 is 0 Å². The summed E-state index contributed by atoms with van der Waals surface area (Å²) in [5.41, 5.74) is 8.51. The quantitative estimate of drug-likeness (QED) is 0.221. The summed E-state index contributed by atoms with van der Waals surface area (Å²) >= 11 is 0. The third-order valence-corrected chi connectivity index (χ3v) is 7.30. The summed E-state index contributed by atoms with van der Waals surface area (Å²) in [5.74, 6) is 0.744. The molecule has 0 aliphatic carbocycles. The van der Waals surface area contributed by atoms with Crippen molar-refractivity contribution in [1.29, 1.82) is 0 Å². The second-order valence-electron chi connectivity index (χ2n) is 10.1. The highest BCUT2D eigenvalue weighted by atomic mass is 15.3. The van der Waals surface area contributed by atoms with Crippen LogP contribution in [0.3, 0.4) is 0 Å². The van der Waals surface area contributed by atoms with Gasteiger partial charge in [0.15, 0.2) is 5.82 Å². The van der Waals surface area contributed by atoms with E-state index in [0.29, 0.717) is 0 Å². The van der Waals surface area contributed by atoms with E-state index in [-0.39, 0.29) is 0 Å². The van der Waals surface area contributed by atoms with Gasteiger partial charge in [-0.05, 0) is 62.7 Å². The van der Waals surface area contributed by atoms with Crippen molar-refractivity contribution in [3.05, 3.63) is 78.9 Å². The molecule has 4 heterocycles. The standard InChI is InChI=1S/C31H38N8/c1-6-9-11-21(4)33-23(8-3)18-22(7-2)26-19-24-27(20-32-26)36-37-29(24)31-34-25-12-10-13-28(30(25)35-31)39-16-14-38(5)15-17-39/h7-8,10,12-13,18-20,33H,3-4,6,9,11,14-17H2,1-2,5H3,(H,34,35)(H,36,37)/b22-7+,23-18+. The number of hydrogen-bond donors (Lipinski definition) is 3. The Morgan fingerprint density at radius 3 is 2.74 bits per heavy atom. The number of hydrogen-bond acceptors (Lipinski definition) is 6. The van der Waals surface area contributed by atoms with Gasteiger partial charge in [0.2, 0.25) is 0 Å². The number of nitrogens with one attached hydrogen (secondary N) is 3. The summed E-state index contributed by atoms with van der Waals surface area (Å²) in [6.07, 6.45) is 10.9. The highest BCUT2D eigenvalue weighted by Gasteiger charge is 2.20. The number of nitrogens with zero attached hydrogens (tertiary/aromatic N) is 5. The minimum Gasteiger partial charge on any atom is -0.367 e. The molecule has 1 fully saturated rings. The predicted molar refractivity (Wildman–Crippen MR) is 162 cm³/mol. The smallest absolute Gasteiger partial charge is 0.159 e. The first kappa shape index (κ1) is 26.4. The number of imidazole rings is 1. The molecular formula is C31H38N8. The van der Waals surface area contributed by atoms with Crippen molar-refractivity contribution in [2.45, 2.75) is 33.1 Å². The first-order chi connectivity index (χ1) is 19.0. The molecule has 0 atom stereocenters. The van der Waals surface area contributed by atoms with Gasteiger partial charge >= 0.3 is 0 Å². The average Bonchev–Trinajstić information content (AvgIpc) is 3.58. The van der Waals surface area contributed by atoms with E-state index >= 15 is 0 Å². The number of aromatic nitrogens is 5. The lowest BCUT2D eigenvalue weighted by Gasteiger charge is -2.34. The molecule has 5 rings (SSSR count). The van der Waals surface area contributed by atoms with Crippen molar-refractivity contribution in [1.82, 2.24) is 35.4 Å². The fraction of sp³-hybridized carbons (Fsp3) is 0.323. The van der Waals surface area contributed by atoms with Crippen LogP contribution < -0.4 is 10.2 Å². The highest BCUT2D eigenvalue weighted by molar-refractivity contribution is 5.96. The molecule has 39 heavy (non-hydrogen) atoms. The van der Waals surface area contributed by atoms with Crippen molar-refractivity contribution in [2.75, 3.05) is 38.1 Å². The summed E-state index contributed by atoms with van der Waals surface area (Å²) in [4.78, 5) is 18.0. The summed E-state index contributed by atoms with van der Waals surface area (Å²) in [5, 5.41) is 12.1. The fourth-order valence-electron chi connectivity index (χ4n) is 4.96. The number of rotatable bonds is 10. The van der Waals surface area contributed by atoms with Crippen molar-refractivity contribution in [3.63, 3.8) is 0 Å². The molecule has 0 spiro atoms. The Morgan fingerprint density at radius 2 is 2.00 bits per heavy atom. The van der Waals surface area contributed by atoms with Gasteiger partial charge < -0.3 is 20.1 Å². The number of unbranched alkanes of at least 4 members (excludes halogenated alkanes) is 1. The molecular weight excluding hydrogens is 484 g/mol. The number of piperazine rings is 1. The number of fused-ring (bicyclic) bond motifs is 2. The molecule has 0 saturated carbocycles. The maximum Gasteiger partial charge on any atom is 0.159 e. The Hall–Kier alpha value is -4.17. The lowest BCUT2D eigenvalue weighted by Crippen LogP contribution is -2.44. The Balaban J connectivity index is 1.47. The third kappa shape index (κ3) is 5.66. The van der Waals surface area contributed by atoms with Crippen LogP contribution in [-0.2, 0) is 0 Å². The molecule has 8 heteroatoms.